The number of ether oxygens (including phenoxy) is 1. The summed E-state index contributed by atoms with van der Waals surface area (Å²) in [6.07, 6.45) is 5.73. The number of rotatable bonds is 5. The zero-order chi connectivity index (χ0) is 14.9. The second-order valence-corrected chi connectivity index (χ2v) is 7.63. The number of para-hydroxylation sites is 1. The van der Waals surface area contributed by atoms with Crippen LogP contribution in [0.3, 0.4) is 0 Å². The first-order valence-corrected chi connectivity index (χ1v) is 9.08. The topological polar surface area (TPSA) is 81.4 Å². The Morgan fingerprint density at radius 1 is 1.10 bits per heavy atom. The number of hydrogen-bond donors (Lipinski definition) is 2. The Morgan fingerprint density at radius 3 is 2.52 bits per heavy atom. The summed E-state index contributed by atoms with van der Waals surface area (Å²) >= 11 is 0. The van der Waals surface area contributed by atoms with Crippen molar-refractivity contribution in [2.75, 3.05) is 0 Å². The summed E-state index contributed by atoms with van der Waals surface area (Å²) in [6.45, 7) is 0. The van der Waals surface area contributed by atoms with E-state index in [4.69, 9.17) is 10.5 Å². The van der Waals surface area contributed by atoms with E-state index in [9.17, 15) is 8.42 Å². The largest absolute Gasteiger partial charge is 0.487 e. The zero-order valence-electron chi connectivity index (χ0n) is 12.0. The van der Waals surface area contributed by atoms with E-state index in [1.807, 2.05) is 0 Å². The minimum absolute atomic E-state index is 0.0223. The van der Waals surface area contributed by atoms with Crippen LogP contribution in [0.1, 0.15) is 38.5 Å². The molecule has 1 aromatic carbocycles. The second-order valence-electron chi connectivity index (χ2n) is 5.95. The van der Waals surface area contributed by atoms with Crippen LogP contribution in [-0.2, 0) is 10.0 Å². The van der Waals surface area contributed by atoms with Gasteiger partial charge in [0.05, 0.1) is 0 Å². The molecule has 3 rings (SSSR count). The van der Waals surface area contributed by atoms with Gasteiger partial charge in [0.25, 0.3) is 0 Å². The van der Waals surface area contributed by atoms with Gasteiger partial charge in [0.1, 0.15) is 16.7 Å². The molecule has 0 amide bonds. The lowest BCUT2D eigenvalue weighted by atomic mass is 9.93. The first kappa shape index (κ1) is 14.8. The van der Waals surface area contributed by atoms with Crippen LogP contribution in [0, 0.1) is 0 Å². The molecule has 2 unspecified atom stereocenters. The smallest absolute Gasteiger partial charge is 0.244 e. The van der Waals surface area contributed by atoms with Gasteiger partial charge in [-0.3, -0.25) is 0 Å². The van der Waals surface area contributed by atoms with Gasteiger partial charge in [0.2, 0.25) is 10.0 Å². The van der Waals surface area contributed by atoms with Crippen molar-refractivity contribution in [2.24, 2.45) is 5.73 Å². The molecule has 6 heteroatoms. The molecule has 0 aliphatic heterocycles. The standard InChI is InChI=1S/C15H22N2O3S/c16-12-5-1-2-6-13(12)20-14-7-3-4-8-15(14)21(18,19)17-11-9-10-11/h3-4,7-8,11-13,17H,1-2,5-6,9-10,16H2. The molecule has 1 aromatic rings. The summed E-state index contributed by atoms with van der Waals surface area (Å²) in [6, 6.07) is 6.87. The summed E-state index contributed by atoms with van der Waals surface area (Å²) in [7, 11) is -3.51. The third kappa shape index (κ3) is 3.56. The van der Waals surface area contributed by atoms with Crippen molar-refractivity contribution in [3.8, 4) is 5.75 Å². The van der Waals surface area contributed by atoms with E-state index in [-0.39, 0.29) is 23.1 Å². The van der Waals surface area contributed by atoms with Crippen molar-refractivity contribution in [3.05, 3.63) is 24.3 Å². The van der Waals surface area contributed by atoms with Crippen molar-refractivity contribution < 1.29 is 13.2 Å². The average Bonchev–Trinajstić information content (AvgIpc) is 3.25. The first-order chi connectivity index (χ1) is 10.1. The van der Waals surface area contributed by atoms with E-state index in [0.717, 1.165) is 38.5 Å². The van der Waals surface area contributed by atoms with E-state index >= 15 is 0 Å². The Labute approximate surface area is 125 Å². The molecule has 0 spiro atoms. The third-order valence-electron chi connectivity index (χ3n) is 4.07. The lowest BCUT2D eigenvalue weighted by Gasteiger charge is -2.29. The highest BCUT2D eigenvalue weighted by molar-refractivity contribution is 7.89. The van der Waals surface area contributed by atoms with Gasteiger partial charge in [-0.2, -0.15) is 0 Å². The lowest BCUT2D eigenvalue weighted by Crippen LogP contribution is -2.41. The predicted molar refractivity (Wildman–Crippen MR) is 80.6 cm³/mol. The molecule has 0 bridgehead atoms. The number of hydrogen-bond acceptors (Lipinski definition) is 4. The Hall–Kier alpha value is -1.11. The molecule has 5 nitrogen and oxygen atoms in total. The predicted octanol–water partition coefficient (Wildman–Crippen LogP) is 1.78. The maximum atomic E-state index is 12.4. The molecule has 2 aliphatic carbocycles. The molecule has 0 radical (unpaired) electrons. The van der Waals surface area contributed by atoms with Crippen molar-refractivity contribution in [1.82, 2.24) is 4.72 Å². The van der Waals surface area contributed by atoms with E-state index in [2.05, 4.69) is 4.72 Å². The number of nitrogens with two attached hydrogens (primary N) is 1. The Kier molecular flexibility index (Phi) is 4.19. The molecule has 2 aliphatic rings. The highest BCUT2D eigenvalue weighted by atomic mass is 32.2. The molecule has 0 aromatic heterocycles. The summed E-state index contributed by atoms with van der Waals surface area (Å²) in [5, 5.41) is 0. The minimum atomic E-state index is -3.51. The molecule has 116 valence electrons. The van der Waals surface area contributed by atoms with Crippen molar-refractivity contribution in [3.63, 3.8) is 0 Å². The van der Waals surface area contributed by atoms with Crippen molar-refractivity contribution in [1.29, 1.82) is 0 Å². The highest BCUT2D eigenvalue weighted by Crippen LogP contribution is 2.30. The molecule has 21 heavy (non-hydrogen) atoms. The molecule has 0 saturated heterocycles. The molecular weight excluding hydrogens is 288 g/mol. The van der Waals surface area contributed by atoms with Gasteiger partial charge in [-0.05, 0) is 44.2 Å². The van der Waals surface area contributed by atoms with Crippen molar-refractivity contribution >= 4 is 10.0 Å². The van der Waals surface area contributed by atoms with Crippen LogP contribution in [0.15, 0.2) is 29.2 Å². The molecule has 3 N–H and O–H groups in total. The number of benzene rings is 1. The van der Waals surface area contributed by atoms with E-state index in [1.54, 1.807) is 24.3 Å². The Balaban J connectivity index is 1.81. The SMILES string of the molecule is NC1CCCCC1Oc1ccccc1S(=O)(=O)NC1CC1. The van der Waals surface area contributed by atoms with Gasteiger partial charge < -0.3 is 10.5 Å². The van der Waals surface area contributed by atoms with Crippen LogP contribution in [0.5, 0.6) is 5.75 Å². The fourth-order valence-electron chi connectivity index (χ4n) is 2.69. The third-order valence-corrected chi connectivity index (χ3v) is 5.63. The summed E-state index contributed by atoms with van der Waals surface area (Å²) in [5.74, 6) is 0.410. The second kappa shape index (κ2) is 5.94. The Morgan fingerprint density at radius 2 is 1.81 bits per heavy atom. The van der Waals surface area contributed by atoms with Crippen LogP contribution in [0.25, 0.3) is 0 Å². The van der Waals surface area contributed by atoms with Crippen molar-refractivity contribution in [2.45, 2.75) is 61.6 Å². The number of sulfonamides is 1. The summed E-state index contributed by atoms with van der Waals surface area (Å²) in [5.41, 5.74) is 6.09. The van der Waals surface area contributed by atoms with Gasteiger partial charge in [0.15, 0.2) is 0 Å². The normalized spacial score (nSPS) is 26.5. The van der Waals surface area contributed by atoms with Gasteiger partial charge in [-0.1, -0.05) is 18.6 Å². The van der Waals surface area contributed by atoms with E-state index < -0.39 is 10.0 Å². The van der Waals surface area contributed by atoms with E-state index in [1.165, 1.54) is 0 Å². The molecular formula is C15H22N2O3S. The first-order valence-electron chi connectivity index (χ1n) is 7.60. The summed E-state index contributed by atoms with van der Waals surface area (Å²) in [4.78, 5) is 0.217. The molecule has 2 saturated carbocycles. The van der Waals surface area contributed by atoms with Crippen LogP contribution in [0.2, 0.25) is 0 Å². The maximum Gasteiger partial charge on any atom is 0.244 e. The van der Waals surface area contributed by atoms with Crippen LogP contribution in [-0.4, -0.2) is 26.6 Å². The fourth-order valence-corrected chi connectivity index (χ4v) is 4.13. The maximum absolute atomic E-state index is 12.4. The fraction of sp³-hybridized carbons (Fsp3) is 0.600. The minimum Gasteiger partial charge on any atom is -0.487 e. The van der Waals surface area contributed by atoms with Crippen LogP contribution in [0.4, 0.5) is 0 Å². The Bertz CT molecular complexity index is 599. The quantitative estimate of drug-likeness (QED) is 0.868. The van der Waals surface area contributed by atoms with E-state index in [0.29, 0.717) is 5.75 Å². The molecule has 2 atom stereocenters. The average molecular weight is 310 g/mol. The number of nitrogens with one attached hydrogen (secondary N) is 1. The van der Waals surface area contributed by atoms with Gasteiger partial charge in [-0.15, -0.1) is 0 Å². The lowest BCUT2D eigenvalue weighted by molar-refractivity contribution is 0.128. The monoisotopic (exact) mass is 310 g/mol. The molecule has 0 heterocycles. The van der Waals surface area contributed by atoms with Gasteiger partial charge in [-0.25, -0.2) is 13.1 Å². The highest BCUT2D eigenvalue weighted by Gasteiger charge is 2.31. The zero-order valence-corrected chi connectivity index (χ0v) is 12.8. The van der Waals surface area contributed by atoms with Crippen LogP contribution < -0.4 is 15.2 Å². The van der Waals surface area contributed by atoms with Gasteiger partial charge in [0, 0.05) is 12.1 Å². The van der Waals surface area contributed by atoms with Crippen LogP contribution >= 0.6 is 0 Å². The summed E-state index contributed by atoms with van der Waals surface area (Å²) < 4.78 is 33.4. The molecule has 2 fully saturated rings. The van der Waals surface area contributed by atoms with Gasteiger partial charge >= 0.3 is 0 Å².